The minimum absolute atomic E-state index is 0.0115. The lowest BCUT2D eigenvalue weighted by molar-refractivity contribution is -0.150. The predicted octanol–water partition coefficient (Wildman–Crippen LogP) is 0.149. The van der Waals surface area contributed by atoms with Crippen molar-refractivity contribution in [2.75, 3.05) is 13.7 Å². The number of carbonyl (C=O) groups is 1. The zero-order chi connectivity index (χ0) is 12.3. The van der Waals surface area contributed by atoms with E-state index in [9.17, 15) is 4.79 Å². The number of nitrogens with two attached hydrogens (primary N) is 1. The van der Waals surface area contributed by atoms with Crippen molar-refractivity contribution < 1.29 is 14.7 Å². The van der Waals surface area contributed by atoms with E-state index in [-0.39, 0.29) is 11.7 Å². The third kappa shape index (κ3) is 2.27. The molecule has 6 nitrogen and oxygen atoms in total. The van der Waals surface area contributed by atoms with Gasteiger partial charge in [-0.05, 0) is 26.7 Å². The van der Waals surface area contributed by atoms with Gasteiger partial charge >= 0.3 is 0 Å². The Morgan fingerprint density at radius 3 is 2.75 bits per heavy atom. The summed E-state index contributed by atoms with van der Waals surface area (Å²) in [7, 11) is 1.62. The van der Waals surface area contributed by atoms with Crippen LogP contribution in [0, 0.1) is 0 Å². The van der Waals surface area contributed by atoms with Crippen molar-refractivity contribution in [1.29, 1.82) is 0 Å². The largest absolute Gasteiger partial charge is 0.409 e. The van der Waals surface area contributed by atoms with Crippen LogP contribution in [0.3, 0.4) is 0 Å². The molecule has 2 atom stereocenters. The average Bonchev–Trinajstić information content (AvgIpc) is 2.73. The lowest BCUT2D eigenvalue weighted by Crippen LogP contribution is -2.52. The van der Waals surface area contributed by atoms with Crippen LogP contribution < -0.4 is 5.73 Å². The van der Waals surface area contributed by atoms with Crippen molar-refractivity contribution in [2.45, 2.75) is 38.3 Å². The number of likely N-dealkylation sites (N-methyl/N-ethyl adjacent to an activating group) is 1. The molecule has 6 heteroatoms. The smallest absolute Gasteiger partial charge is 0.254 e. The zero-order valence-electron chi connectivity index (χ0n) is 9.93. The summed E-state index contributed by atoms with van der Waals surface area (Å²) in [4.78, 5) is 13.6. The van der Waals surface area contributed by atoms with Crippen molar-refractivity contribution in [3.8, 4) is 0 Å². The topological polar surface area (TPSA) is 88.2 Å². The van der Waals surface area contributed by atoms with Gasteiger partial charge in [-0.3, -0.25) is 4.79 Å². The minimum atomic E-state index is -0.765. The summed E-state index contributed by atoms with van der Waals surface area (Å²) in [5, 5.41) is 11.5. The second kappa shape index (κ2) is 4.69. The third-order valence-corrected chi connectivity index (χ3v) is 3.12. The highest BCUT2D eigenvalue weighted by atomic mass is 16.5. The summed E-state index contributed by atoms with van der Waals surface area (Å²) in [5.41, 5.74) is 4.70. The Hall–Kier alpha value is -1.30. The summed E-state index contributed by atoms with van der Waals surface area (Å²) in [5.74, 6) is -0.124. The lowest BCUT2D eigenvalue weighted by Gasteiger charge is -2.31. The Kier molecular flexibility index (Phi) is 3.74. The fourth-order valence-corrected chi connectivity index (χ4v) is 1.78. The number of hydrogen-bond donors (Lipinski definition) is 2. The molecule has 0 aromatic carbocycles. The van der Waals surface area contributed by atoms with Gasteiger partial charge in [0.1, 0.15) is 5.60 Å². The van der Waals surface area contributed by atoms with E-state index in [0.717, 1.165) is 6.42 Å². The summed E-state index contributed by atoms with van der Waals surface area (Å²) in [6, 6.07) is -0.446. The van der Waals surface area contributed by atoms with Crippen molar-refractivity contribution in [1.82, 2.24) is 4.90 Å². The molecule has 0 radical (unpaired) electrons. The zero-order valence-corrected chi connectivity index (χ0v) is 9.93. The molecule has 1 aliphatic heterocycles. The number of nitrogens with zero attached hydrogens (tertiary/aromatic N) is 2. The molecule has 0 aromatic rings. The maximum Gasteiger partial charge on any atom is 0.254 e. The summed E-state index contributed by atoms with van der Waals surface area (Å²) in [6.07, 6.45) is 1.59. The molecule has 1 heterocycles. The molecule has 1 rings (SSSR count). The van der Waals surface area contributed by atoms with Gasteiger partial charge in [-0.1, -0.05) is 5.16 Å². The van der Waals surface area contributed by atoms with Gasteiger partial charge in [-0.25, -0.2) is 0 Å². The first kappa shape index (κ1) is 12.8. The fraction of sp³-hybridized carbons (Fsp3) is 0.800. The van der Waals surface area contributed by atoms with Crippen molar-refractivity contribution in [3.63, 3.8) is 0 Å². The molecule has 0 aliphatic carbocycles. The van der Waals surface area contributed by atoms with Gasteiger partial charge in [0, 0.05) is 13.7 Å². The first-order valence-electron chi connectivity index (χ1n) is 5.31. The number of rotatable bonds is 3. The van der Waals surface area contributed by atoms with Gasteiger partial charge < -0.3 is 20.6 Å². The van der Waals surface area contributed by atoms with Gasteiger partial charge in [0.05, 0.1) is 6.04 Å². The summed E-state index contributed by atoms with van der Waals surface area (Å²) >= 11 is 0. The molecule has 3 N–H and O–H groups in total. The molecule has 1 aliphatic rings. The molecule has 16 heavy (non-hydrogen) atoms. The number of amidine groups is 1. The van der Waals surface area contributed by atoms with Crippen molar-refractivity contribution >= 4 is 11.7 Å². The predicted molar refractivity (Wildman–Crippen MR) is 59.2 cm³/mol. The molecule has 1 fully saturated rings. The van der Waals surface area contributed by atoms with Crippen LogP contribution in [0.15, 0.2) is 5.16 Å². The van der Waals surface area contributed by atoms with Gasteiger partial charge in [0.15, 0.2) is 5.84 Å². The monoisotopic (exact) mass is 229 g/mol. The van der Waals surface area contributed by atoms with Gasteiger partial charge in [-0.15, -0.1) is 0 Å². The molecular weight excluding hydrogens is 210 g/mol. The lowest BCUT2D eigenvalue weighted by atomic mass is 10.0. The van der Waals surface area contributed by atoms with Crippen LogP contribution in [0.25, 0.3) is 0 Å². The fourth-order valence-electron chi connectivity index (χ4n) is 1.78. The second-order valence-electron chi connectivity index (χ2n) is 4.30. The average molecular weight is 229 g/mol. The number of amides is 1. The van der Waals surface area contributed by atoms with Crippen LogP contribution in [0.1, 0.15) is 26.7 Å². The highest BCUT2D eigenvalue weighted by Gasteiger charge is 2.41. The maximum atomic E-state index is 12.1. The molecule has 1 saturated heterocycles. The molecule has 2 unspecified atom stereocenters. The van der Waals surface area contributed by atoms with E-state index < -0.39 is 11.6 Å². The molecule has 0 aromatic heterocycles. The number of carbonyl (C=O) groups excluding carboxylic acids is 1. The van der Waals surface area contributed by atoms with E-state index >= 15 is 0 Å². The number of oxime groups is 1. The van der Waals surface area contributed by atoms with Crippen molar-refractivity contribution in [2.24, 2.45) is 10.9 Å². The summed E-state index contributed by atoms with van der Waals surface area (Å²) < 4.78 is 5.45. The number of hydrogen-bond acceptors (Lipinski definition) is 4. The van der Waals surface area contributed by atoms with Crippen LogP contribution in [0.4, 0.5) is 0 Å². The van der Waals surface area contributed by atoms with Crippen LogP contribution in [0.2, 0.25) is 0 Å². The quantitative estimate of drug-likeness (QED) is 0.312. The molecular formula is C10H19N3O3. The van der Waals surface area contributed by atoms with Gasteiger partial charge in [-0.2, -0.15) is 0 Å². The standard InChI is InChI=1S/C10H19N3O3/c1-7(8(11)12-15)13(3)9(14)10(2)5-4-6-16-10/h7,15H,4-6H2,1-3H3,(H2,11,12). The first-order valence-corrected chi connectivity index (χ1v) is 5.31. The Labute approximate surface area is 95.0 Å². The SMILES string of the molecule is CC(C(N)=NO)N(C)C(=O)C1(C)CCCO1. The molecule has 0 saturated carbocycles. The maximum absolute atomic E-state index is 12.1. The minimum Gasteiger partial charge on any atom is -0.409 e. The Morgan fingerprint density at radius 1 is 1.69 bits per heavy atom. The van der Waals surface area contributed by atoms with E-state index in [1.54, 1.807) is 20.9 Å². The van der Waals surface area contributed by atoms with Gasteiger partial charge in [0.2, 0.25) is 0 Å². The molecule has 0 spiro atoms. The van der Waals surface area contributed by atoms with E-state index in [4.69, 9.17) is 15.7 Å². The van der Waals surface area contributed by atoms with Gasteiger partial charge in [0.25, 0.3) is 5.91 Å². The Bertz CT molecular complexity index is 298. The third-order valence-electron chi connectivity index (χ3n) is 3.12. The summed E-state index contributed by atoms with van der Waals surface area (Å²) in [6.45, 7) is 4.08. The van der Waals surface area contributed by atoms with Crippen LogP contribution in [0.5, 0.6) is 0 Å². The number of ether oxygens (including phenoxy) is 1. The molecule has 92 valence electrons. The Morgan fingerprint density at radius 2 is 2.31 bits per heavy atom. The van der Waals surface area contributed by atoms with Crippen molar-refractivity contribution in [3.05, 3.63) is 0 Å². The normalized spacial score (nSPS) is 27.8. The highest BCUT2D eigenvalue weighted by Crippen LogP contribution is 2.27. The second-order valence-corrected chi connectivity index (χ2v) is 4.30. The van der Waals surface area contributed by atoms with E-state index in [1.807, 2.05) is 0 Å². The van der Waals surface area contributed by atoms with Crippen LogP contribution in [-0.4, -0.2) is 47.1 Å². The Balaban J connectivity index is 2.74. The van der Waals surface area contributed by atoms with Crippen LogP contribution in [-0.2, 0) is 9.53 Å². The van der Waals surface area contributed by atoms with E-state index in [0.29, 0.717) is 13.0 Å². The molecule has 0 bridgehead atoms. The highest BCUT2D eigenvalue weighted by molar-refractivity contribution is 5.92. The molecule has 1 amide bonds. The first-order chi connectivity index (χ1) is 7.42. The van der Waals surface area contributed by atoms with E-state index in [2.05, 4.69) is 5.16 Å². The van der Waals surface area contributed by atoms with E-state index in [1.165, 1.54) is 4.90 Å². The van der Waals surface area contributed by atoms with Crippen LogP contribution >= 0.6 is 0 Å².